The van der Waals surface area contributed by atoms with Gasteiger partial charge in [0.05, 0.1) is 12.5 Å². The van der Waals surface area contributed by atoms with Crippen molar-refractivity contribution >= 4 is 12.1 Å². The third-order valence-electron chi connectivity index (χ3n) is 3.64. The second kappa shape index (κ2) is 8.52. The van der Waals surface area contributed by atoms with Crippen molar-refractivity contribution in [1.29, 1.82) is 0 Å². The molecule has 0 saturated carbocycles. The monoisotopic (exact) mass is 328 g/mol. The summed E-state index contributed by atoms with van der Waals surface area (Å²) in [6, 6.07) is 0.0372. The van der Waals surface area contributed by atoms with Gasteiger partial charge in [-0.15, -0.1) is 0 Å². The first kappa shape index (κ1) is 19.7. The quantitative estimate of drug-likeness (QED) is 0.785. The highest BCUT2D eigenvalue weighted by molar-refractivity contribution is 5.75. The second-order valence-corrected chi connectivity index (χ2v) is 7.48. The standard InChI is InChI=1S/C17H32N2O4/c1-7-22-15(20)13-11-19(16(21)23-17(4,5)6)9-8-14(13)18-10-12(2)3/h12-14,18H,7-11H2,1-6H3/t13-,14-/m0/s1. The molecule has 1 amide bonds. The number of hydrogen-bond donors (Lipinski definition) is 1. The summed E-state index contributed by atoms with van der Waals surface area (Å²) in [6.07, 6.45) is 0.351. The topological polar surface area (TPSA) is 67.9 Å². The summed E-state index contributed by atoms with van der Waals surface area (Å²) in [7, 11) is 0. The van der Waals surface area contributed by atoms with Crippen LogP contribution >= 0.6 is 0 Å². The van der Waals surface area contributed by atoms with Crippen molar-refractivity contribution < 1.29 is 19.1 Å². The molecule has 1 aliphatic rings. The van der Waals surface area contributed by atoms with E-state index in [-0.39, 0.29) is 24.0 Å². The Labute approximate surface area is 139 Å². The number of esters is 1. The van der Waals surface area contributed by atoms with Gasteiger partial charge in [-0.2, -0.15) is 0 Å². The van der Waals surface area contributed by atoms with Crippen LogP contribution in [0, 0.1) is 11.8 Å². The Morgan fingerprint density at radius 2 is 1.96 bits per heavy atom. The normalized spacial score (nSPS) is 22.1. The predicted molar refractivity (Wildman–Crippen MR) is 89.2 cm³/mol. The van der Waals surface area contributed by atoms with Crippen LogP contribution in [0.1, 0.15) is 48.0 Å². The lowest BCUT2D eigenvalue weighted by atomic mass is 9.92. The summed E-state index contributed by atoms with van der Waals surface area (Å²) < 4.78 is 10.6. The lowest BCUT2D eigenvalue weighted by molar-refractivity contribution is -0.150. The highest BCUT2D eigenvalue weighted by Gasteiger charge is 2.38. The Morgan fingerprint density at radius 1 is 1.30 bits per heavy atom. The zero-order chi connectivity index (χ0) is 17.6. The highest BCUT2D eigenvalue weighted by atomic mass is 16.6. The van der Waals surface area contributed by atoms with Gasteiger partial charge in [0.15, 0.2) is 0 Å². The van der Waals surface area contributed by atoms with Crippen LogP contribution in [0.25, 0.3) is 0 Å². The summed E-state index contributed by atoms with van der Waals surface area (Å²) in [5, 5.41) is 3.44. The van der Waals surface area contributed by atoms with Gasteiger partial charge >= 0.3 is 12.1 Å². The molecule has 1 heterocycles. The van der Waals surface area contributed by atoms with Gasteiger partial charge in [0, 0.05) is 19.1 Å². The molecule has 134 valence electrons. The van der Waals surface area contributed by atoms with E-state index in [1.807, 2.05) is 20.8 Å². The maximum Gasteiger partial charge on any atom is 0.410 e. The lowest BCUT2D eigenvalue weighted by Crippen LogP contribution is -2.55. The zero-order valence-corrected chi connectivity index (χ0v) is 15.3. The van der Waals surface area contributed by atoms with Crippen molar-refractivity contribution in [1.82, 2.24) is 10.2 Å². The molecule has 0 aromatic rings. The first-order chi connectivity index (χ1) is 10.6. The summed E-state index contributed by atoms with van der Waals surface area (Å²) in [4.78, 5) is 26.1. The average Bonchev–Trinajstić information content (AvgIpc) is 2.43. The van der Waals surface area contributed by atoms with Crippen LogP contribution in [-0.2, 0) is 14.3 Å². The smallest absolute Gasteiger partial charge is 0.410 e. The Bertz CT molecular complexity index is 404. The van der Waals surface area contributed by atoms with Gasteiger partial charge in [-0.25, -0.2) is 4.79 Å². The van der Waals surface area contributed by atoms with Crippen molar-refractivity contribution in [3.05, 3.63) is 0 Å². The van der Waals surface area contributed by atoms with Gasteiger partial charge in [0.2, 0.25) is 0 Å². The number of ether oxygens (including phenoxy) is 2. The fourth-order valence-corrected chi connectivity index (χ4v) is 2.56. The minimum absolute atomic E-state index is 0.0372. The van der Waals surface area contributed by atoms with Crippen molar-refractivity contribution in [2.75, 3.05) is 26.2 Å². The molecule has 0 bridgehead atoms. The molecular weight excluding hydrogens is 296 g/mol. The molecule has 0 spiro atoms. The number of rotatable bonds is 5. The largest absolute Gasteiger partial charge is 0.466 e. The predicted octanol–water partition coefficient (Wildman–Crippen LogP) is 2.42. The Kier molecular flexibility index (Phi) is 7.32. The van der Waals surface area contributed by atoms with Gasteiger partial charge in [0.1, 0.15) is 5.60 Å². The van der Waals surface area contributed by atoms with Crippen LogP contribution in [0.15, 0.2) is 0 Å². The number of piperidine rings is 1. The van der Waals surface area contributed by atoms with E-state index >= 15 is 0 Å². The minimum atomic E-state index is -0.538. The SMILES string of the molecule is CCOC(=O)[C@H]1CN(C(=O)OC(C)(C)C)CC[C@@H]1NCC(C)C. The van der Waals surface area contributed by atoms with Crippen molar-refractivity contribution in [2.24, 2.45) is 11.8 Å². The van der Waals surface area contributed by atoms with E-state index in [1.165, 1.54) is 0 Å². The molecule has 2 atom stereocenters. The van der Waals surface area contributed by atoms with Gasteiger partial charge in [-0.05, 0) is 46.6 Å². The molecule has 0 radical (unpaired) electrons. The van der Waals surface area contributed by atoms with Gasteiger partial charge in [-0.3, -0.25) is 4.79 Å². The second-order valence-electron chi connectivity index (χ2n) is 7.48. The van der Waals surface area contributed by atoms with E-state index in [0.29, 0.717) is 25.6 Å². The first-order valence-electron chi connectivity index (χ1n) is 8.52. The van der Waals surface area contributed by atoms with Gasteiger partial charge < -0.3 is 19.7 Å². The first-order valence-corrected chi connectivity index (χ1v) is 8.52. The summed E-state index contributed by atoms with van der Waals surface area (Å²) in [5.41, 5.74) is -0.538. The van der Waals surface area contributed by atoms with Crippen LogP contribution < -0.4 is 5.32 Å². The van der Waals surface area contributed by atoms with Crippen LogP contribution in [0.2, 0.25) is 0 Å². The lowest BCUT2D eigenvalue weighted by Gasteiger charge is -2.38. The number of nitrogens with zero attached hydrogens (tertiary/aromatic N) is 1. The molecule has 6 nitrogen and oxygen atoms in total. The molecule has 1 N–H and O–H groups in total. The molecule has 1 rings (SSSR count). The summed E-state index contributed by atoms with van der Waals surface area (Å²) in [5.74, 6) is -0.0984. The third kappa shape index (κ3) is 6.77. The summed E-state index contributed by atoms with van der Waals surface area (Å²) >= 11 is 0. The van der Waals surface area contributed by atoms with E-state index in [9.17, 15) is 9.59 Å². The van der Waals surface area contributed by atoms with Crippen LogP contribution in [0.5, 0.6) is 0 Å². The van der Waals surface area contributed by atoms with Crippen LogP contribution in [-0.4, -0.2) is 54.8 Å². The number of hydrogen-bond acceptors (Lipinski definition) is 5. The number of amides is 1. The molecule has 0 unspecified atom stereocenters. The fourth-order valence-electron chi connectivity index (χ4n) is 2.56. The van der Waals surface area contributed by atoms with Gasteiger partial charge in [0.25, 0.3) is 0 Å². The van der Waals surface area contributed by atoms with Crippen molar-refractivity contribution in [3.8, 4) is 0 Å². The summed E-state index contributed by atoms with van der Waals surface area (Å²) in [6.45, 7) is 13.7. The molecule has 0 aliphatic carbocycles. The molecule has 1 aliphatic heterocycles. The number of likely N-dealkylation sites (tertiary alicyclic amines) is 1. The number of carbonyl (C=O) groups is 2. The van der Waals surface area contributed by atoms with E-state index in [0.717, 1.165) is 13.0 Å². The highest BCUT2D eigenvalue weighted by Crippen LogP contribution is 2.21. The Hall–Kier alpha value is -1.30. The minimum Gasteiger partial charge on any atom is -0.466 e. The van der Waals surface area contributed by atoms with Gasteiger partial charge in [-0.1, -0.05) is 13.8 Å². The van der Waals surface area contributed by atoms with Crippen molar-refractivity contribution in [3.63, 3.8) is 0 Å². The Morgan fingerprint density at radius 3 is 2.48 bits per heavy atom. The van der Waals surface area contributed by atoms with E-state index in [1.54, 1.807) is 11.8 Å². The number of nitrogens with one attached hydrogen (secondary N) is 1. The van der Waals surface area contributed by atoms with E-state index in [2.05, 4.69) is 19.2 Å². The van der Waals surface area contributed by atoms with Crippen molar-refractivity contribution in [2.45, 2.75) is 59.6 Å². The van der Waals surface area contributed by atoms with E-state index < -0.39 is 5.60 Å². The third-order valence-corrected chi connectivity index (χ3v) is 3.64. The maximum atomic E-state index is 12.3. The molecule has 1 fully saturated rings. The maximum absolute atomic E-state index is 12.3. The van der Waals surface area contributed by atoms with Crippen LogP contribution in [0.3, 0.4) is 0 Å². The molecule has 23 heavy (non-hydrogen) atoms. The molecule has 1 saturated heterocycles. The number of carbonyl (C=O) groups excluding carboxylic acids is 2. The molecule has 0 aromatic heterocycles. The van der Waals surface area contributed by atoms with E-state index in [4.69, 9.17) is 9.47 Å². The molecule has 0 aromatic carbocycles. The molecule has 6 heteroatoms. The average molecular weight is 328 g/mol. The zero-order valence-electron chi connectivity index (χ0n) is 15.3. The van der Waals surface area contributed by atoms with Crippen LogP contribution in [0.4, 0.5) is 4.79 Å². The molecular formula is C17H32N2O4. The fraction of sp³-hybridized carbons (Fsp3) is 0.882. The Balaban J connectivity index is 2.73.